The number of hydrogen-bond acceptors (Lipinski definition) is 5. The predicted octanol–water partition coefficient (Wildman–Crippen LogP) is 2.80. The third kappa shape index (κ3) is 4.55. The average Bonchev–Trinajstić information content (AvgIpc) is 3.09. The van der Waals surface area contributed by atoms with Crippen molar-refractivity contribution in [2.24, 2.45) is 0 Å². The van der Waals surface area contributed by atoms with Crippen molar-refractivity contribution >= 4 is 17.3 Å². The second-order valence-electron chi connectivity index (χ2n) is 6.20. The average molecular weight is 378 g/mol. The van der Waals surface area contributed by atoms with Crippen molar-refractivity contribution in [3.63, 3.8) is 0 Å². The summed E-state index contributed by atoms with van der Waals surface area (Å²) >= 11 is 0. The first-order chi connectivity index (χ1) is 12.9. The zero-order chi connectivity index (χ0) is 19.4. The van der Waals surface area contributed by atoms with Gasteiger partial charge < -0.3 is 10.2 Å². The summed E-state index contributed by atoms with van der Waals surface area (Å²) in [6, 6.07) is 5.11. The van der Waals surface area contributed by atoms with Crippen molar-refractivity contribution in [1.29, 1.82) is 5.26 Å². The summed E-state index contributed by atoms with van der Waals surface area (Å²) < 4.78 is 40.4. The molecule has 1 fully saturated rings. The third-order valence-electron chi connectivity index (χ3n) is 4.24. The summed E-state index contributed by atoms with van der Waals surface area (Å²) in [6.07, 6.45) is -0.315. The van der Waals surface area contributed by atoms with E-state index in [1.165, 1.54) is 12.4 Å². The lowest BCUT2D eigenvalue weighted by Gasteiger charge is -2.31. The second-order valence-corrected chi connectivity index (χ2v) is 6.20. The summed E-state index contributed by atoms with van der Waals surface area (Å²) in [6.45, 7) is 1.19. The molecule has 0 unspecified atom stereocenters. The zero-order valence-electron chi connectivity index (χ0n) is 14.3. The Morgan fingerprint density at radius 3 is 2.63 bits per heavy atom. The first-order valence-electron chi connectivity index (χ1n) is 8.42. The van der Waals surface area contributed by atoms with Crippen LogP contribution in [0.15, 0.2) is 24.5 Å². The van der Waals surface area contributed by atoms with Crippen LogP contribution < -0.4 is 10.2 Å². The molecule has 0 saturated carbocycles. The largest absolute Gasteiger partial charge is 0.416 e. The Balaban J connectivity index is 1.83. The Morgan fingerprint density at radius 1 is 1.26 bits per heavy atom. The number of alkyl halides is 3. The zero-order valence-corrected chi connectivity index (χ0v) is 14.3. The number of hydrogen-bond donors (Lipinski definition) is 1. The Labute approximate surface area is 153 Å². The van der Waals surface area contributed by atoms with E-state index in [-0.39, 0.29) is 18.1 Å². The lowest BCUT2D eigenvalue weighted by molar-refractivity contribution is -0.137. The van der Waals surface area contributed by atoms with Gasteiger partial charge in [-0.2, -0.15) is 18.4 Å². The highest BCUT2D eigenvalue weighted by atomic mass is 19.4. The van der Waals surface area contributed by atoms with E-state index >= 15 is 0 Å². The maximum absolute atomic E-state index is 13.1. The number of amides is 1. The number of nitrogens with zero attached hydrogens (tertiary/aromatic N) is 5. The Bertz CT molecular complexity index is 864. The molecule has 1 aromatic carbocycles. The number of carbonyl (C=O) groups is 1. The lowest BCUT2D eigenvalue weighted by atomic mass is 10.1. The molecule has 1 aromatic heterocycles. The molecule has 0 atom stereocenters. The van der Waals surface area contributed by atoms with Crippen LogP contribution in [0.1, 0.15) is 30.7 Å². The second kappa shape index (κ2) is 7.65. The number of halogens is 3. The normalized spacial score (nSPS) is 14.7. The van der Waals surface area contributed by atoms with Gasteiger partial charge in [0.05, 0.1) is 16.9 Å². The van der Waals surface area contributed by atoms with Gasteiger partial charge in [-0.3, -0.25) is 4.79 Å². The van der Waals surface area contributed by atoms with Crippen LogP contribution in [-0.2, 0) is 17.5 Å². The molecular weight excluding hydrogens is 361 g/mol. The third-order valence-corrected chi connectivity index (χ3v) is 4.24. The van der Waals surface area contributed by atoms with Gasteiger partial charge in [-0.25, -0.2) is 9.67 Å². The smallest absolute Gasteiger partial charge is 0.370 e. The molecule has 1 aliphatic rings. The SMILES string of the molecule is N#Cc1ncn(CC(=O)Nc2cc(C(F)(F)F)ccc2N2CCCCC2)n1. The minimum absolute atomic E-state index is 0.0872. The molecule has 1 saturated heterocycles. The molecule has 0 spiro atoms. The summed E-state index contributed by atoms with van der Waals surface area (Å²) in [5, 5.41) is 15.0. The van der Waals surface area contributed by atoms with Gasteiger partial charge in [0.15, 0.2) is 0 Å². The fourth-order valence-electron chi connectivity index (χ4n) is 2.98. The minimum Gasteiger partial charge on any atom is -0.370 e. The number of piperidine rings is 1. The summed E-state index contributed by atoms with van der Waals surface area (Å²) in [7, 11) is 0. The fourth-order valence-corrected chi connectivity index (χ4v) is 2.98. The number of carbonyl (C=O) groups excluding carboxylic acids is 1. The van der Waals surface area contributed by atoms with Gasteiger partial charge >= 0.3 is 6.18 Å². The van der Waals surface area contributed by atoms with Gasteiger partial charge in [0.25, 0.3) is 5.82 Å². The molecule has 27 heavy (non-hydrogen) atoms. The van der Waals surface area contributed by atoms with E-state index in [9.17, 15) is 18.0 Å². The van der Waals surface area contributed by atoms with E-state index in [1.807, 2.05) is 4.90 Å². The molecule has 7 nitrogen and oxygen atoms in total. The molecule has 0 aliphatic carbocycles. The molecule has 10 heteroatoms. The van der Waals surface area contributed by atoms with Gasteiger partial charge in [-0.05, 0) is 37.5 Å². The van der Waals surface area contributed by atoms with Crippen LogP contribution in [0, 0.1) is 11.3 Å². The lowest BCUT2D eigenvalue weighted by Crippen LogP contribution is -2.31. The highest BCUT2D eigenvalue weighted by molar-refractivity contribution is 5.94. The van der Waals surface area contributed by atoms with Gasteiger partial charge in [0.2, 0.25) is 5.91 Å². The van der Waals surface area contributed by atoms with Crippen LogP contribution in [0.4, 0.5) is 24.5 Å². The van der Waals surface area contributed by atoms with Gasteiger partial charge in [-0.1, -0.05) is 0 Å². The molecule has 0 radical (unpaired) electrons. The molecule has 142 valence electrons. The molecule has 0 bridgehead atoms. The molecule has 1 N–H and O–H groups in total. The number of anilines is 2. The summed E-state index contributed by atoms with van der Waals surface area (Å²) in [5.41, 5.74) is -0.157. The number of aromatic nitrogens is 3. The highest BCUT2D eigenvalue weighted by Crippen LogP contribution is 2.36. The van der Waals surface area contributed by atoms with E-state index in [4.69, 9.17) is 5.26 Å². The fraction of sp³-hybridized carbons (Fsp3) is 0.412. The first kappa shape index (κ1) is 18.7. The van der Waals surface area contributed by atoms with E-state index in [2.05, 4.69) is 15.4 Å². The van der Waals surface area contributed by atoms with E-state index in [0.29, 0.717) is 5.69 Å². The molecule has 2 aromatic rings. The summed E-state index contributed by atoms with van der Waals surface area (Å²) in [5.74, 6) is -0.641. The Kier molecular flexibility index (Phi) is 5.30. The number of rotatable bonds is 4. The maximum Gasteiger partial charge on any atom is 0.416 e. The Hall–Kier alpha value is -3.09. The van der Waals surface area contributed by atoms with Crippen LogP contribution >= 0.6 is 0 Å². The standard InChI is InChI=1S/C17H17F3N6O/c18-17(19,20)12-4-5-14(25-6-2-1-3-7-25)13(8-12)23-16(27)10-26-11-22-15(9-21)24-26/h4-5,8,11H,1-3,6-7,10H2,(H,23,27). The van der Waals surface area contributed by atoms with Crippen LogP contribution in [0.5, 0.6) is 0 Å². The highest BCUT2D eigenvalue weighted by Gasteiger charge is 2.31. The Morgan fingerprint density at radius 2 is 2.00 bits per heavy atom. The monoisotopic (exact) mass is 378 g/mol. The number of benzene rings is 1. The van der Waals surface area contributed by atoms with E-state index in [0.717, 1.165) is 49.2 Å². The topological polar surface area (TPSA) is 86.8 Å². The van der Waals surface area contributed by atoms with Crippen molar-refractivity contribution in [2.45, 2.75) is 32.0 Å². The molecule has 1 aliphatic heterocycles. The van der Waals surface area contributed by atoms with Crippen molar-refractivity contribution < 1.29 is 18.0 Å². The minimum atomic E-state index is -4.51. The van der Waals surface area contributed by atoms with Crippen LogP contribution in [0.2, 0.25) is 0 Å². The van der Waals surface area contributed by atoms with Crippen molar-refractivity contribution in [1.82, 2.24) is 14.8 Å². The predicted molar refractivity (Wildman–Crippen MR) is 90.9 cm³/mol. The van der Waals surface area contributed by atoms with Crippen LogP contribution in [0.25, 0.3) is 0 Å². The van der Waals surface area contributed by atoms with Crippen molar-refractivity contribution in [2.75, 3.05) is 23.3 Å². The number of nitrogens with one attached hydrogen (secondary N) is 1. The number of nitriles is 1. The van der Waals surface area contributed by atoms with Crippen LogP contribution in [0.3, 0.4) is 0 Å². The molecule has 1 amide bonds. The molecule has 3 rings (SSSR count). The summed E-state index contributed by atoms with van der Waals surface area (Å²) in [4.78, 5) is 18.0. The first-order valence-corrected chi connectivity index (χ1v) is 8.42. The van der Waals surface area contributed by atoms with Crippen LogP contribution in [-0.4, -0.2) is 33.8 Å². The quantitative estimate of drug-likeness (QED) is 0.884. The van der Waals surface area contributed by atoms with Crippen molar-refractivity contribution in [3.05, 3.63) is 35.9 Å². The van der Waals surface area contributed by atoms with Gasteiger partial charge in [0, 0.05) is 13.1 Å². The van der Waals surface area contributed by atoms with Gasteiger partial charge in [0.1, 0.15) is 18.9 Å². The van der Waals surface area contributed by atoms with E-state index < -0.39 is 17.6 Å². The maximum atomic E-state index is 13.1. The van der Waals surface area contributed by atoms with Gasteiger partial charge in [-0.15, -0.1) is 5.10 Å². The molecular formula is C17H17F3N6O. The molecule has 2 heterocycles. The van der Waals surface area contributed by atoms with Crippen molar-refractivity contribution in [3.8, 4) is 6.07 Å². The van der Waals surface area contributed by atoms with E-state index in [1.54, 1.807) is 6.07 Å².